The number of allylic oxidation sites excluding steroid dienone is 1. The average Bonchev–Trinajstić information content (AvgIpc) is 2.40. The third-order valence-electron chi connectivity index (χ3n) is 3.17. The topological polar surface area (TPSA) is 6.48 Å². The Morgan fingerprint density at radius 1 is 1.11 bits per heavy atom. The van der Waals surface area contributed by atoms with E-state index in [2.05, 4.69) is 21.9 Å². The Morgan fingerprint density at radius 2 is 1.89 bits per heavy atom. The smallest absolute Gasteiger partial charge is 0.0426 e. The lowest BCUT2D eigenvalue weighted by Crippen LogP contribution is -2.46. The van der Waals surface area contributed by atoms with E-state index in [1.54, 1.807) is 0 Å². The molecule has 0 amide bonds. The molecule has 1 fully saturated rings. The number of benzene rings is 1. The SMILES string of the molecule is ClCC=CCN1CCN(c2cccc(Cl)c2)CC1. The second-order valence-electron chi connectivity index (χ2n) is 4.39. The maximum absolute atomic E-state index is 6.02. The highest BCUT2D eigenvalue weighted by atomic mass is 35.5. The molecule has 0 saturated carbocycles. The van der Waals surface area contributed by atoms with Crippen LogP contribution in [0, 0.1) is 0 Å². The van der Waals surface area contributed by atoms with E-state index in [1.807, 2.05) is 24.3 Å². The molecule has 1 aromatic carbocycles. The van der Waals surface area contributed by atoms with E-state index in [0.717, 1.165) is 37.7 Å². The van der Waals surface area contributed by atoms with Crippen molar-refractivity contribution >= 4 is 28.9 Å². The first kappa shape index (κ1) is 13.7. The Labute approximate surface area is 119 Å². The van der Waals surface area contributed by atoms with Crippen LogP contribution >= 0.6 is 23.2 Å². The number of piperazine rings is 1. The van der Waals surface area contributed by atoms with Crippen LogP contribution in [-0.4, -0.2) is 43.5 Å². The van der Waals surface area contributed by atoms with Crippen LogP contribution in [0.4, 0.5) is 5.69 Å². The lowest BCUT2D eigenvalue weighted by Gasteiger charge is -2.35. The van der Waals surface area contributed by atoms with Crippen LogP contribution in [0.25, 0.3) is 0 Å². The molecule has 1 saturated heterocycles. The minimum Gasteiger partial charge on any atom is -0.369 e. The van der Waals surface area contributed by atoms with Crippen molar-refractivity contribution in [2.45, 2.75) is 0 Å². The molecule has 0 spiro atoms. The number of alkyl halides is 1. The zero-order valence-corrected chi connectivity index (χ0v) is 11.9. The van der Waals surface area contributed by atoms with Gasteiger partial charge in [-0.05, 0) is 18.2 Å². The predicted octanol–water partition coefficient (Wildman–Crippen LogP) is 3.26. The number of halogens is 2. The van der Waals surface area contributed by atoms with Crippen molar-refractivity contribution in [3.05, 3.63) is 41.4 Å². The van der Waals surface area contributed by atoms with E-state index < -0.39 is 0 Å². The molecule has 18 heavy (non-hydrogen) atoms. The van der Waals surface area contributed by atoms with Crippen molar-refractivity contribution in [1.29, 1.82) is 0 Å². The van der Waals surface area contributed by atoms with Crippen LogP contribution in [0.15, 0.2) is 36.4 Å². The van der Waals surface area contributed by atoms with E-state index in [4.69, 9.17) is 23.2 Å². The number of nitrogens with zero attached hydrogens (tertiary/aromatic N) is 2. The van der Waals surface area contributed by atoms with E-state index in [1.165, 1.54) is 5.69 Å². The van der Waals surface area contributed by atoms with Crippen LogP contribution in [-0.2, 0) is 0 Å². The van der Waals surface area contributed by atoms with Gasteiger partial charge in [0.15, 0.2) is 0 Å². The minimum absolute atomic E-state index is 0.600. The van der Waals surface area contributed by atoms with Crippen molar-refractivity contribution in [3.63, 3.8) is 0 Å². The summed E-state index contributed by atoms with van der Waals surface area (Å²) in [5.74, 6) is 0.600. The summed E-state index contributed by atoms with van der Waals surface area (Å²) >= 11 is 11.6. The summed E-state index contributed by atoms with van der Waals surface area (Å²) < 4.78 is 0. The van der Waals surface area contributed by atoms with E-state index in [0.29, 0.717) is 5.88 Å². The van der Waals surface area contributed by atoms with Crippen molar-refractivity contribution in [3.8, 4) is 0 Å². The quantitative estimate of drug-likeness (QED) is 0.619. The molecule has 2 rings (SSSR count). The van der Waals surface area contributed by atoms with Crippen LogP contribution < -0.4 is 4.90 Å². The molecule has 1 heterocycles. The summed E-state index contributed by atoms with van der Waals surface area (Å²) in [6.07, 6.45) is 4.15. The van der Waals surface area contributed by atoms with E-state index in [9.17, 15) is 0 Å². The van der Waals surface area contributed by atoms with E-state index >= 15 is 0 Å². The Bertz CT molecular complexity index is 399. The summed E-state index contributed by atoms with van der Waals surface area (Å²) in [5, 5.41) is 0.806. The van der Waals surface area contributed by atoms with Crippen LogP contribution in [0.1, 0.15) is 0 Å². The van der Waals surface area contributed by atoms with Gasteiger partial charge in [-0.2, -0.15) is 0 Å². The lowest BCUT2D eigenvalue weighted by molar-refractivity contribution is 0.284. The maximum atomic E-state index is 6.02. The standard InChI is InChI=1S/C14H18Cl2N2/c15-6-1-2-7-17-8-10-18(11-9-17)14-5-3-4-13(16)12-14/h1-5,12H,6-11H2. The molecule has 0 unspecified atom stereocenters. The number of hydrogen-bond donors (Lipinski definition) is 0. The minimum atomic E-state index is 0.600. The molecule has 0 N–H and O–H groups in total. The normalized spacial score (nSPS) is 17.6. The Kier molecular flexibility index (Phi) is 5.36. The summed E-state index contributed by atoms with van der Waals surface area (Å²) in [7, 11) is 0. The fourth-order valence-corrected chi connectivity index (χ4v) is 2.46. The summed E-state index contributed by atoms with van der Waals surface area (Å²) in [6.45, 7) is 5.26. The van der Waals surface area contributed by atoms with Gasteiger partial charge in [0.2, 0.25) is 0 Å². The molecule has 0 aliphatic carbocycles. The average molecular weight is 285 g/mol. The number of hydrogen-bond acceptors (Lipinski definition) is 2. The second-order valence-corrected chi connectivity index (χ2v) is 5.14. The Balaban J connectivity index is 1.85. The molecule has 2 nitrogen and oxygen atoms in total. The third kappa shape index (κ3) is 3.91. The molecule has 98 valence electrons. The fourth-order valence-electron chi connectivity index (χ4n) is 2.15. The molecule has 0 atom stereocenters. The van der Waals surface area contributed by atoms with Crippen LogP contribution in [0.2, 0.25) is 5.02 Å². The zero-order valence-electron chi connectivity index (χ0n) is 10.4. The van der Waals surface area contributed by atoms with Gasteiger partial charge in [-0.25, -0.2) is 0 Å². The molecule has 0 radical (unpaired) electrons. The van der Waals surface area contributed by atoms with Gasteiger partial charge in [-0.3, -0.25) is 4.90 Å². The number of rotatable bonds is 4. The summed E-state index contributed by atoms with van der Waals surface area (Å²) in [6, 6.07) is 8.07. The highest BCUT2D eigenvalue weighted by Crippen LogP contribution is 2.20. The molecule has 1 aromatic rings. The molecule has 4 heteroatoms. The highest BCUT2D eigenvalue weighted by molar-refractivity contribution is 6.30. The lowest BCUT2D eigenvalue weighted by atomic mass is 10.2. The largest absolute Gasteiger partial charge is 0.369 e. The van der Waals surface area contributed by atoms with Gasteiger partial charge in [0.1, 0.15) is 0 Å². The summed E-state index contributed by atoms with van der Waals surface area (Å²) in [4.78, 5) is 4.82. The summed E-state index contributed by atoms with van der Waals surface area (Å²) in [5.41, 5.74) is 1.22. The van der Waals surface area contributed by atoms with Crippen molar-refractivity contribution in [2.75, 3.05) is 43.5 Å². The van der Waals surface area contributed by atoms with E-state index in [-0.39, 0.29) is 0 Å². The fraction of sp³-hybridized carbons (Fsp3) is 0.429. The first-order chi connectivity index (χ1) is 8.79. The van der Waals surface area contributed by atoms with Gasteiger partial charge in [-0.1, -0.05) is 29.8 Å². The molecule has 1 aliphatic heterocycles. The zero-order chi connectivity index (χ0) is 12.8. The first-order valence-corrected chi connectivity index (χ1v) is 7.14. The van der Waals surface area contributed by atoms with Crippen molar-refractivity contribution < 1.29 is 0 Å². The van der Waals surface area contributed by atoms with Crippen LogP contribution in [0.3, 0.4) is 0 Å². The monoisotopic (exact) mass is 284 g/mol. The molecule has 0 aromatic heterocycles. The molecule has 1 aliphatic rings. The van der Waals surface area contributed by atoms with Gasteiger partial charge in [0, 0.05) is 49.3 Å². The third-order valence-corrected chi connectivity index (χ3v) is 3.58. The van der Waals surface area contributed by atoms with Gasteiger partial charge < -0.3 is 4.90 Å². The van der Waals surface area contributed by atoms with Crippen molar-refractivity contribution in [1.82, 2.24) is 4.90 Å². The second kappa shape index (κ2) is 7.03. The predicted molar refractivity (Wildman–Crippen MR) is 80.0 cm³/mol. The maximum Gasteiger partial charge on any atom is 0.0426 e. The van der Waals surface area contributed by atoms with Gasteiger partial charge >= 0.3 is 0 Å². The molecular formula is C14H18Cl2N2. The molecular weight excluding hydrogens is 267 g/mol. The first-order valence-electron chi connectivity index (χ1n) is 6.23. The number of anilines is 1. The van der Waals surface area contributed by atoms with Crippen LogP contribution in [0.5, 0.6) is 0 Å². The van der Waals surface area contributed by atoms with Gasteiger partial charge in [0.25, 0.3) is 0 Å². The Hall–Kier alpha value is -0.700. The van der Waals surface area contributed by atoms with Gasteiger partial charge in [-0.15, -0.1) is 11.6 Å². The highest BCUT2D eigenvalue weighted by Gasteiger charge is 2.16. The van der Waals surface area contributed by atoms with Crippen molar-refractivity contribution in [2.24, 2.45) is 0 Å². The molecule has 0 bridgehead atoms. The van der Waals surface area contributed by atoms with Gasteiger partial charge in [0.05, 0.1) is 0 Å². The Morgan fingerprint density at radius 3 is 2.56 bits per heavy atom.